The zero-order valence-corrected chi connectivity index (χ0v) is 15.6. The molecule has 7 heteroatoms. The van der Waals surface area contributed by atoms with Crippen molar-refractivity contribution < 1.29 is 9.59 Å². The Bertz CT molecular complexity index is 865. The molecule has 0 unspecified atom stereocenters. The Hall–Kier alpha value is -2.31. The Morgan fingerprint density at radius 1 is 1.16 bits per heavy atom. The number of halogens is 2. The number of rotatable bonds is 3. The minimum absolute atomic E-state index is 0.298. The lowest BCUT2D eigenvalue weighted by Gasteiger charge is -2.29. The second-order valence-corrected chi connectivity index (χ2v) is 6.84. The highest BCUT2D eigenvalue weighted by Crippen LogP contribution is 2.32. The van der Waals surface area contributed by atoms with Gasteiger partial charge >= 0.3 is 6.03 Å². The van der Waals surface area contributed by atoms with E-state index in [1.807, 2.05) is 24.3 Å². The molecule has 0 spiro atoms. The molecule has 1 heterocycles. The van der Waals surface area contributed by atoms with Crippen LogP contribution in [-0.2, 0) is 4.79 Å². The minimum atomic E-state index is -0.559. The van der Waals surface area contributed by atoms with Gasteiger partial charge in [0.2, 0.25) is 0 Å². The third-order valence-electron chi connectivity index (χ3n) is 3.83. The number of allylic oxidation sites excluding steroid dienone is 1. The summed E-state index contributed by atoms with van der Waals surface area (Å²) in [6.45, 7) is 1.71. The topological polar surface area (TPSA) is 70.2 Å². The molecule has 1 aliphatic heterocycles. The fourth-order valence-electron chi connectivity index (χ4n) is 2.67. The average molecular weight is 421 g/mol. The van der Waals surface area contributed by atoms with E-state index in [1.54, 1.807) is 31.2 Å². The van der Waals surface area contributed by atoms with E-state index in [2.05, 4.69) is 31.9 Å². The first-order valence-electron chi connectivity index (χ1n) is 7.55. The monoisotopic (exact) mass is 419 g/mol. The van der Waals surface area contributed by atoms with E-state index in [0.29, 0.717) is 22.0 Å². The zero-order chi connectivity index (χ0) is 18.0. The van der Waals surface area contributed by atoms with Crippen molar-refractivity contribution >= 4 is 45.2 Å². The van der Waals surface area contributed by atoms with Crippen molar-refractivity contribution in [2.75, 3.05) is 5.32 Å². The normalized spacial score (nSPS) is 16.9. The van der Waals surface area contributed by atoms with Crippen molar-refractivity contribution in [3.05, 3.63) is 74.9 Å². The second-order valence-electron chi connectivity index (χ2n) is 5.55. The molecule has 1 aliphatic rings. The SMILES string of the molecule is CC1=C(C(=O)Nc2ccc(Cl)cc2)[C@@H](c2ccccc2Br)NC(=O)N1. The first kappa shape index (κ1) is 17.5. The molecule has 0 saturated heterocycles. The fraction of sp³-hybridized carbons (Fsp3) is 0.111. The first-order chi connectivity index (χ1) is 12.0. The van der Waals surface area contributed by atoms with Crippen molar-refractivity contribution in [2.45, 2.75) is 13.0 Å². The van der Waals surface area contributed by atoms with Gasteiger partial charge in [-0.2, -0.15) is 0 Å². The van der Waals surface area contributed by atoms with Gasteiger partial charge in [0, 0.05) is 20.9 Å². The van der Waals surface area contributed by atoms with Crippen molar-refractivity contribution in [2.24, 2.45) is 0 Å². The summed E-state index contributed by atoms with van der Waals surface area (Å²) < 4.78 is 0.812. The number of carbonyl (C=O) groups excluding carboxylic acids is 2. The van der Waals surface area contributed by atoms with Crippen molar-refractivity contribution in [1.82, 2.24) is 10.6 Å². The highest BCUT2D eigenvalue weighted by Gasteiger charge is 2.32. The van der Waals surface area contributed by atoms with Gasteiger partial charge in [-0.05, 0) is 42.8 Å². The van der Waals surface area contributed by atoms with Gasteiger partial charge in [-0.3, -0.25) is 4.79 Å². The predicted molar refractivity (Wildman–Crippen MR) is 101 cm³/mol. The smallest absolute Gasteiger partial charge is 0.319 e. The van der Waals surface area contributed by atoms with Crippen molar-refractivity contribution in [1.29, 1.82) is 0 Å². The molecule has 0 aromatic heterocycles. The van der Waals surface area contributed by atoms with Crippen LogP contribution < -0.4 is 16.0 Å². The fourth-order valence-corrected chi connectivity index (χ4v) is 3.31. The molecular weight excluding hydrogens is 406 g/mol. The van der Waals surface area contributed by atoms with Crippen LogP contribution in [0, 0.1) is 0 Å². The molecule has 3 rings (SSSR count). The molecule has 25 heavy (non-hydrogen) atoms. The van der Waals surface area contributed by atoms with Gasteiger partial charge in [0.15, 0.2) is 0 Å². The van der Waals surface area contributed by atoms with Crippen molar-refractivity contribution in [3.8, 4) is 0 Å². The summed E-state index contributed by atoms with van der Waals surface area (Å²) >= 11 is 9.35. The molecule has 0 fully saturated rings. The van der Waals surface area contributed by atoms with Crippen LogP contribution in [0.5, 0.6) is 0 Å². The molecule has 0 radical (unpaired) electrons. The van der Waals surface area contributed by atoms with Gasteiger partial charge in [-0.1, -0.05) is 45.7 Å². The Morgan fingerprint density at radius 3 is 2.52 bits per heavy atom. The van der Waals surface area contributed by atoms with E-state index in [1.165, 1.54) is 0 Å². The highest BCUT2D eigenvalue weighted by atomic mass is 79.9. The number of anilines is 1. The van der Waals surface area contributed by atoms with Crippen LogP contribution in [-0.4, -0.2) is 11.9 Å². The summed E-state index contributed by atoms with van der Waals surface area (Å²) in [7, 11) is 0. The number of urea groups is 1. The lowest BCUT2D eigenvalue weighted by atomic mass is 9.95. The third-order valence-corrected chi connectivity index (χ3v) is 4.81. The van der Waals surface area contributed by atoms with E-state index >= 15 is 0 Å². The quantitative estimate of drug-likeness (QED) is 0.690. The van der Waals surface area contributed by atoms with Crippen LogP contribution in [0.2, 0.25) is 5.02 Å². The number of nitrogens with one attached hydrogen (secondary N) is 3. The standard InChI is InChI=1S/C18H15BrClN3O2/c1-10-15(17(24)22-12-8-6-11(20)7-9-12)16(23-18(25)21-10)13-4-2-3-5-14(13)19/h2-9,16H,1H3,(H,22,24)(H2,21,23,25)/t16-/m1/s1. The molecular formula is C18H15BrClN3O2. The maximum atomic E-state index is 12.9. The largest absolute Gasteiger partial charge is 0.327 e. The Kier molecular flexibility index (Phi) is 5.11. The van der Waals surface area contributed by atoms with Crippen LogP contribution in [0.4, 0.5) is 10.5 Å². The number of carbonyl (C=O) groups is 2. The molecule has 0 saturated carbocycles. The van der Waals surface area contributed by atoms with Crippen molar-refractivity contribution in [3.63, 3.8) is 0 Å². The summed E-state index contributed by atoms with van der Waals surface area (Å²) in [5.41, 5.74) is 2.38. The minimum Gasteiger partial charge on any atom is -0.327 e. The van der Waals surface area contributed by atoms with E-state index in [9.17, 15) is 9.59 Å². The highest BCUT2D eigenvalue weighted by molar-refractivity contribution is 9.10. The van der Waals surface area contributed by atoms with E-state index in [0.717, 1.165) is 10.0 Å². The summed E-state index contributed by atoms with van der Waals surface area (Å²) in [6, 6.07) is 13.4. The lowest BCUT2D eigenvalue weighted by molar-refractivity contribution is -0.113. The molecule has 2 aromatic rings. The molecule has 128 valence electrons. The van der Waals surface area contributed by atoms with Gasteiger partial charge in [-0.25, -0.2) is 4.79 Å². The Labute approximate surface area is 158 Å². The van der Waals surface area contributed by atoms with Gasteiger partial charge in [0.05, 0.1) is 11.6 Å². The summed E-state index contributed by atoms with van der Waals surface area (Å²) in [4.78, 5) is 24.8. The third kappa shape index (κ3) is 3.86. The summed E-state index contributed by atoms with van der Waals surface area (Å²) in [6.07, 6.45) is 0. The zero-order valence-electron chi connectivity index (χ0n) is 13.3. The molecule has 2 aromatic carbocycles. The average Bonchev–Trinajstić information content (AvgIpc) is 2.56. The van der Waals surface area contributed by atoms with E-state index in [-0.39, 0.29) is 11.9 Å². The van der Waals surface area contributed by atoms with Crippen LogP contribution in [0.3, 0.4) is 0 Å². The number of hydrogen-bond donors (Lipinski definition) is 3. The van der Waals surface area contributed by atoms with Gasteiger partial charge in [0.1, 0.15) is 0 Å². The number of hydrogen-bond acceptors (Lipinski definition) is 2. The molecule has 0 bridgehead atoms. The maximum Gasteiger partial charge on any atom is 0.319 e. The van der Waals surface area contributed by atoms with Gasteiger partial charge in [0.25, 0.3) is 5.91 Å². The summed E-state index contributed by atoms with van der Waals surface area (Å²) in [5, 5.41) is 8.90. The van der Waals surface area contributed by atoms with Gasteiger partial charge in [-0.15, -0.1) is 0 Å². The predicted octanol–water partition coefficient (Wildman–Crippen LogP) is 4.37. The Morgan fingerprint density at radius 2 is 1.84 bits per heavy atom. The number of amides is 3. The maximum absolute atomic E-state index is 12.9. The van der Waals surface area contributed by atoms with Crippen LogP contribution >= 0.6 is 27.5 Å². The molecule has 5 nitrogen and oxygen atoms in total. The molecule has 1 atom stereocenters. The molecule has 3 amide bonds. The van der Waals surface area contributed by atoms with E-state index < -0.39 is 6.04 Å². The second kappa shape index (κ2) is 7.29. The van der Waals surface area contributed by atoms with E-state index in [4.69, 9.17) is 11.6 Å². The van der Waals surface area contributed by atoms with Crippen LogP contribution in [0.25, 0.3) is 0 Å². The lowest BCUT2D eigenvalue weighted by Crippen LogP contribution is -2.46. The summed E-state index contributed by atoms with van der Waals surface area (Å²) in [5.74, 6) is -0.298. The number of benzene rings is 2. The molecule has 3 N–H and O–H groups in total. The van der Waals surface area contributed by atoms with Crippen LogP contribution in [0.1, 0.15) is 18.5 Å². The van der Waals surface area contributed by atoms with Gasteiger partial charge < -0.3 is 16.0 Å². The first-order valence-corrected chi connectivity index (χ1v) is 8.72. The Balaban J connectivity index is 1.96. The molecule has 0 aliphatic carbocycles. The van der Waals surface area contributed by atoms with Crippen LogP contribution in [0.15, 0.2) is 64.3 Å².